The van der Waals surface area contributed by atoms with Gasteiger partial charge in [0.1, 0.15) is 5.82 Å². The zero-order valence-corrected chi connectivity index (χ0v) is 10.4. The molecule has 0 spiro atoms. The summed E-state index contributed by atoms with van der Waals surface area (Å²) >= 11 is 7.41. The van der Waals surface area contributed by atoms with E-state index in [0.717, 1.165) is 9.79 Å². The highest BCUT2D eigenvalue weighted by atomic mass is 35.5. The van der Waals surface area contributed by atoms with Gasteiger partial charge in [-0.15, -0.1) is 0 Å². The molecule has 0 aliphatic heterocycles. The van der Waals surface area contributed by atoms with Crippen molar-refractivity contribution in [3.63, 3.8) is 0 Å². The molecular formula is C13H10ClFOS. The monoisotopic (exact) mass is 268 g/mol. The maximum atomic E-state index is 13.0. The first-order chi connectivity index (χ1) is 8.19. The minimum absolute atomic E-state index is 0.0796. The third-order valence-corrected chi connectivity index (χ3v) is 3.56. The highest BCUT2D eigenvalue weighted by molar-refractivity contribution is 7.99. The average Bonchev–Trinajstić information content (AvgIpc) is 2.29. The van der Waals surface area contributed by atoms with Crippen molar-refractivity contribution in [2.45, 2.75) is 16.4 Å². The van der Waals surface area contributed by atoms with Crippen LogP contribution in [0.25, 0.3) is 0 Å². The first-order valence-corrected chi connectivity index (χ1v) is 6.21. The smallest absolute Gasteiger partial charge is 0.124 e. The zero-order valence-electron chi connectivity index (χ0n) is 8.86. The van der Waals surface area contributed by atoms with Crippen LogP contribution in [0.1, 0.15) is 5.56 Å². The number of benzene rings is 2. The summed E-state index contributed by atoms with van der Waals surface area (Å²) < 4.78 is 13.0. The first-order valence-electron chi connectivity index (χ1n) is 5.02. The van der Waals surface area contributed by atoms with Gasteiger partial charge >= 0.3 is 0 Å². The van der Waals surface area contributed by atoms with E-state index in [-0.39, 0.29) is 12.4 Å². The van der Waals surface area contributed by atoms with Crippen molar-refractivity contribution in [1.82, 2.24) is 0 Å². The van der Waals surface area contributed by atoms with Gasteiger partial charge in [-0.25, -0.2) is 4.39 Å². The lowest BCUT2D eigenvalue weighted by Gasteiger charge is -2.05. The fourth-order valence-corrected chi connectivity index (χ4v) is 2.59. The Kier molecular flexibility index (Phi) is 4.05. The van der Waals surface area contributed by atoms with E-state index in [1.165, 1.54) is 23.9 Å². The predicted molar refractivity (Wildman–Crippen MR) is 67.9 cm³/mol. The van der Waals surface area contributed by atoms with Gasteiger partial charge in [0.25, 0.3) is 0 Å². The molecule has 0 radical (unpaired) electrons. The van der Waals surface area contributed by atoms with Gasteiger partial charge < -0.3 is 5.11 Å². The standard InChI is InChI=1S/C13H10ClFOS/c14-13-7-12(5-4-9(13)8-16)17-11-3-1-2-10(15)6-11/h1-7,16H,8H2. The van der Waals surface area contributed by atoms with E-state index in [0.29, 0.717) is 10.6 Å². The molecule has 2 aromatic rings. The zero-order chi connectivity index (χ0) is 12.3. The lowest BCUT2D eigenvalue weighted by atomic mass is 10.2. The second-order valence-electron chi connectivity index (χ2n) is 3.47. The van der Waals surface area contributed by atoms with Crippen LogP contribution in [-0.4, -0.2) is 5.11 Å². The Morgan fingerprint density at radius 3 is 2.53 bits per heavy atom. The third-order valence-electron chi connectivity index (χ3n) is 2.23. The van der Waals surface area contributed by atoms with Crippen molar-refractivity contribution in [1.29, 1.82) is 0 Å². The molecule has 0 saturated heterocycles. The molecule has 2 aromatic carbocycles. The third kappa shape index (κ3) is 3.22. The summed E-state index contributed by atoms with van der Waals surface area (Å²) in [6.07, 6.45) is 0. The molecule has 0 fully saturated rings. The number of halogens is 2. The van der Waals surface area contributed by atoms with Gasteiger partial charge in [-0.2, -0.15) is 0 Å². The number of rotatable bonds is 3. The summed E-state index contributed by atoms with van der Waals surface area (Å²) in [7, 11) is 0. The van der Waals surface area contributed by atoms with Gasteiger partial charge in [-0.3, -0.25) is 0 Å². The van der Waals surface area contributed by atoms with Crippen LogP contribution in [0.3, 0.4) is 0 Å². The van der Waals surface area contributed by atoms with Crippen molar-refractivity contribution in [3.8, 4) is 0 Å². The fourth-order valence-electron chi connectivity index (χ4n) is 1.39. The van der Waals surface area contributed by atoms with Crippen LogP contribution in [0.2, 0.25) is 5.02 Å². The maximum absolute atomic E-state index is 13.0. The van der Waals surface area contributed by atoms with Crippen molar-refractivity contribution in [2.75, 3.05) is 0 Å². The lowest BCUT2D eigenvalue weighted by Crippen LogP contribution is -1.85. The largest absolute Gasteiger partial charge is 0.392 e. The molecule has 0 bridgehead atoms. The van der Waals surface area contributed by atoms with Gasteiger partial charge in [0.15, 0.2) is 0 Å². The number of aliphatic hydroxyl groups excluding tert-OH is 1. The first kappa shape index (κ1) is 12.4. The molecule has 0 atom stereocenters. The van der Waals surface area contributed by atoms with Crippen LogP contribution in [-0.2, 0) is 6.61 Å². The van der Waals surface area contributed by atoms with Gasteiger partial charge in [0, 0.05) is 14.8 Å². The molecular weight excluding hydrogens is 259 g/mol. The van der Waals surface area contributed by atoms with Crippen LogP contribution < -0.4 is 0 Å². The van der Waals surface area contributed by atoms with Crippen molar-refractivity contribution >= 4 is 23.4 Å². The Morgan fingerprint density at radius 1 is 1.12 bits per heavy atom. The molecule has 0 saturated carbocycles. The molecule has 0 aliphatic carbocycles. The van der Waals surface area contributed by atoms with Crippen LogP contribution in [0, 0.1) is 5.82 Å². The molecule has 2 rings (SSSR count). The minimum Gasteiger partial charge on any atom is -0.392 e. The van der Waals surface area contributed by atoms with Gasteiger partial charge in [-0.05, 0) is 35.9 Å². The predicted octanol–water partition coefficient (Wildman–Crippen LogP) is 4.12. The number of hydrogen-bond acceptors (Lipinski definition) is 2. The molecule has 0 heterocycles. The molecule has 0 aliphatic rings. The Balaban J connectivity index is 2.22. The SMILES string of the molecule is OCc1ccc(Sc2cccc(F)c2)cc1Cl. The van der Waals surface area contributed by atoms with Crippen molar-refractivity contribution in [3.05, 3.63) is 58.9 Å². The van der Waals surface area contributed by atoms with Gasteiger partial charge in [0.05, 0.1) is 6.61 Å². The fraction of sp³-hybridized carbons (Fsp3) is 0.0769. The summed E-state index contributed by atoms with van der Waals surface area (Å²) in [6.45, 7) is -0.0796. The van der Waals surface area contributed by atoms with Crippen molar-refractivity contribution < 1.29 is 9.50 Å². The molecule has 88 valence electrons. The summed E-state index contributed by atoms with van der Waals surface area (Å²) in [5.41, 5.74) is 0.690. The number of hydrogen-bond donors (Lipinski definition) is 1. The molecule has 1 nitrogen and oxygen atoms in total. The average molecular weight is 269 g/mol. The summed E-state index contributed by atoms with van der Waals surface area (Å²) in [5, 5.41) is 9.52. The van der Waals surface area contributed by atoms with Gasteiger partial charge in [0.2, 0.25) is 0 Å². The highest BCUT2D eigenvalue weighted by Gasteiger charge is 2.03. The normalized spacial score (nSPS) is 10.5. The van der Waals surface area contributed by atoms with E-state index in [1.54, 1.807) is 18.2 Å². The molecule has 4 heteroatoms. The Morgan fingerprint density at radius 2 is 1.88 bits per heavy atom. The maximum Gasteiger partial charge on any atom is 0.124 e. The molecule has 0 unspecified atom stereocenters. The Labute approximate surface area is 108 Å². The molecule has 1 N–H and O–H groups in total. The van der Waals surface area contributed by atoms with E-state index < -0.39 is 0 Å². The van der Waals surface area contributed by atoms with E-state index in [9.17, 15) is 4.39 Å². The topological polar surface area (TPSA) is 20.2 Å². The molecule has 17 heavy (non-hydrogen) atoms. The van der Waals surface area contributed by atoms with E-state index in [2.05, 4.69) is 0 Å². The summed E-state index contributed by atoms with van der Waals surface area (Å²) in [4.78, 5) is 1.73. The molecule has 0 amide bonds. The molecule has 0 aromatic heterocycles. The summed E-state index contributed by atoms with van der Waals surface area (Å²) in [6, 6.07) is 11.8. The van der Waals surface area contributed by atoms with Crippen LogP contribution in [0.15, 0.2) is 52.3 Å². The van der Waals surface area contributed by atoms with Gasteiger partial charge in [-0.1, -0.05) is 35.5 Å². The highest BCUT2D eigenvalue weighted by Crippen LogP contribution is 2.31. The minimum atomic E-state index is -0.256. The Hall–Kier alpha value is -1.03. The van der Waals surface area contributed by atoms with Crippen LogP contribution in [0.5, 0.6) is 0 Å². The summed E-state index contributed by atoms with van der Waals surface area (Å²) in [5.74, 6) is -0.256. The van der Waals surface area contributed by atoms with E-state index in [4.69, 9.17) is 16.7 Å². The lowest BCUT2D eigenvalue weighted by molar-refractivity contribution is 0.282. The second-order valence-corrected chi connectivity index (χ2v) is 5.02. The van der Waals surface area contributed by atoms with Crippen molar-refractivity contribution in [2.24, 2.45) is 0 Å². The Bertz CT molecular complexity index is 531. The number of aliphatic hydroxyl groups is 1. The quantitative estimate of drug-likeness (QED) is 0.903. The van der Waals surface area contributed by atoms with Crippen LogP contribution >= 0.6 is 23.4 Å². The van der Waals surface area contributed by atoms with Crippen LogP contribution in [0.4, 0.5) is 4.39 Å². The van der Waals surface area contributed by atoms with E-state index in [1.807, 2.05) is 12.1 Å². The second kappa shape index (κ2) is 5.54. The van der Waals surface area contributed by atoms with E-state index >= 15 is 0 Å².